The third kappa shape index (κ3) is 3.78. The van der Waals surface area contributed by atoms with E-state index >= 15 is 0 Å². The number of aromatic nitrogens is 1. The van der Waals surface area contributed by atoms with Crippen LogP contribution < -0.4 is 5.32 Å². The van der Waals surface area contributed by atoms with Crippen LogP contribution in [0.5, 0.6) is 0 Å². The van der Waals surface area contributed by atoms with E-state index in [0.717, 1.165) is 26.1 Å². The number of carbonyl (C=O) groups is 1. The fraction of sp³-hybridized carbons (Fsp3) is 0.500. The molecule has 17 heavy (non-hydrogen) atoms. The molecule has 2 heterocycles. The van der Waals surface area contributed by atoms with Gasteiger partial charge in [-0.25, -0.2) is 4.98 Å². The highest BCUT2D eigenvalue weighted by Crippen LogP contribution is 2.13. The summed E-state index contributed by atoms with van der Waals surface area (Å²) in [6.07, 6.45) is 3.82. The average molecular weight is 299 g/mol. The largest absolute Gasteiger partial charge is 0.381 e. The van der Waals surface area contributed by atoms with E-state index in [1.165, 1.54) is 0 Å². The summed E-state index contributed by atoms with van der Waals surface area (Å²) >= 11 is 3.25. The Labute approximate surface area is 109 Å². The summed E-state index contributed by atoms with van der Waals surface area (Å²) in [4.78, 5) is 15.8. The average Bonchev–Trinajstić information content (AvgIpc) is 2.37. The number of ether oxygens (including phenoxy) is 1. The van der Waals surface area contributed by atoms with E-state index in [-0.39, 0.29) is 5.91 Å². The minimum absolute atomic E-state index is 0.0568. The van der Waals surface area contributed by atoms with Gasteiger partial charge < -0.3 is 10.1 Å². The van der Waals surface area contributed by atoms with Crippen LogP contribution >= 0.6 is 15.9 Å². The molecule has 1 unspecified atom stereocenters. The molecule has 0 spiro atoms. The van der Waals surface area contributed by atoms with E-state index in [9.17, 15) is 4.79 Å². The molecular weight excluding hydrogens is 284 g/mol. The van der Waals surface area contributed by atoms with Crippen LogP contribution in [0.2, 0.25) is 0 Å². The fourth-order valence-electron chi connectivity index (χ4n) is 1.85. The minimum Gasteiger partial charge on any atom is -0.381 e. The Morgan fingerprint density at radius 3 is 3.24 bits per heavy atom. The highest BCUT2D eigenvalue weighted by Gasteiger charge is 2.15. The third-order valence-electron chi connectivity index (χ3n) is 2.79. The van der Waals surface area contributed by atoms with Crippen LogP contribution in [-0.4, -0.2) is 30.6 Å². The van der Waals surface area contributed by atoms with Crippen molar-refractivity contribution in [2.45, 2.75) is 12.8 Å². The summed E-state index contributed by atoms with van der Waals surface area (Å²) in [5, 5.41) is 2.93. The molecule has 1 aliphatic rings. The lowest BCUT2D eigenvalue weighted by atomic mass is 10.0. The predicted octanol–water partition coefficient (Wildman–Crippen LogP) is 2.00. The summed E-state index contributed by atoms with van der Waals surface area (Å²) in [5.41, 5.74) is 0.628. The van der Waals surface area contributed by atoms with Crippen molar-refractivity contribution < 1.29 is 9.53 Å². The van der Waals surface area contributed by atoms with Crippen LogP contribution in [0.1, 0.15) is 23.2 Å². The van der Waals surface area contributed by atoms with Gasteiger partial charge in [0.1, 0.15) is 4.60 Å². The van der Waals surface area contributed by atoms with Gasteiger partial charge in [0.05, 0.1) is 6.61 Å². The summed E-state index contributed by atoms with van der Waals surface area (Å²) in [5.74, 6) is 0.386. The SMILES string of the molecule is O=C(NCC1CCCOC1)c1ccnc(Br)c1. The molecule has 2 rings (SSSR count). The first kappa shape index (κ1) is 12.5. The molecule has 0 bridgehead atoms. The smallest absolute Gasteiger partial charge is 0.251 e. The normalized spacial score (nSPS) is 19.9. The number of rotatable bonds is 3. The molecule has 1 atom stereocenters. The lowest BCUT2D eigenvalue weighted by Crippen LogP contribution is -2.33. The molecule has 1 aliphatic heterocycles. The van der Waals surface area contributed by atoms with Crippen LogP contribution in [0.4, 0.5) is 0 Å². The Balaban J connectivity index is 1.84. The Kier molecular flexibility index (Phi) is 4.50. The van der Waals surface area contributed by atoms with Crippen LogP contribution in [-0.2, 0) is 4.74 Å². The number of hydrogen-bond acceptors (Lipinski definition) is 3. The minimum atomic E-state index is -0.0568. The van der Waals surface area contributed by atoms with Gasteiger partial charge in [-0.2, -0.15) is 0 Å². The zero-order valence-electron chi connectivity index (χ0n) is 9.49. The summed E-state index contributed by atoms with van der Waals surface area (Å²) in [7, 11) is 0. The van der Waals surface area contributed by atoms with Crippen LogP contribution in [0, 0.1) is 5.92 Å². The lowest BCUT2D eigenvalue weighted by Gasteiger charge is -2.22. The van der Waals surface area contributed by atoms with E-state index in [1.807, 2.05) is 0 Å². The molecule has 0 aliphatic carbocycles. The predicted molar refractivity (Wildman–Crippen MR) is 67.8 cm³/mol. The Morgan fingerprint density at radius 2 is 2.53 bits per heavy atom. The number of carbonyl (C=O) groups excluding carboxylic acids is 1. The second-order valence-corrected chi connectivity index (χ2v) is 4.97. The first-order valence-electron chi connectivity index (χ1n) is 5.73. The van der Waals surface area contributed by atoms with Gasteiger partial charge in [-0.15, -0.1) is 0 Å². The molecule has 1 saturated heterocycles. The van der Waals surface area contributed by atoms with Gasteiger partial charge in [-0.1, -0.05) is 0 Å². The van der Waals surface area contributed by atoms with E-state index in [1.54, 1.807) is 18.3 Å². The topological polar surface area (TPSA) is 51.2 Å². The highest BCUT2D eigenvalue weighted by molar-refractivity contribution is 9.10. The van der Waals surface area contributed by atoms with Crippen molar-refractivity contribution in [1.82, 2.24) is 10.3 Å². The van der Waals surface area contributed by atoms with Gasteiger partial charge in [0.2, 0.25) is 0 Å². The number of pyridine rings is 1. The molecule has 4 nitrogen and oxygen atoms in total. The van der Waals surface area contributed by atoms with Gasteiger partial charge in [0, 0.05) is 24.9 Å². The fourth-order valence-corrected chi connectivity index (χ4v) is 2.22. The lowest BCUT2D eigenvalue weighted by molar-refractivity contribution is 0.0536. The monoisotopic (exact) mass is 298 g/mol. The molecule has 0 aromatic carbocycles. The molecule has 1 aromatic rings. The Morgan fingerprint density at radius 1 is 1.65 bits per heavy atom. The van der Waals surface area contributed by atoms with Gasteiger partial charge >= 0.3 is 0 Å². The molecule has 1 N–H and O–H groups in total. The third-order valence-corrected chi connectivity index (χ3v) is 3.23. The maximum Gasteiger partial charge on any atom is 0.251 e. The maximum atomic E-state index is 11.8. The second kappa shape index (κ2) is 6.12. The molecule has 0 saturated carbocycles. The van der Waals surface area contributed by atoms with E-state index in [2.05, 4.69) is 26.2 Å². The summed E-state index contributed by atoms with van der Waals surface area (Å²) < 4.78 is 6.04. The van der Waals surface area contributed by atoms with Crippen molar-refractivity contribution in [2.75, 3.05) is 19.8 Å². The first-order chi connectivity index (χ1) is 8.25. The second-order valence-electron chi connectivity index (χ2n) is 4.16. The van der Waals surface area contributed by atoms with Crippen molar-refractivity contribution in [3.05, 3.63) is 28.5 Å². The van der Waals surface area contributed by atoms with E-state index < -0.39 is 0 Å². The summed E-state index contributed by atoms with van der Waals surface area (Å²) in [6.45, 7) is 2.28. The molecule has 92 valence electrons. The van der Waals surface area contributed by atoms with Crippen molar-refractivity contribution in [3.63, 3.8) is 0 Å². The molecular formula is C12H15BrN2O2. The Bertz CT molecular complexity index is 392. The Hall–Kier alpha value is -0.940. The molecule has 1 aromatic heterocycles. The van der Waals surface area contributed by atoms with Crippen molar-refractivity contribution in [3.8, 4) is 0 Å². The van der Waals surface area contributed by atoms with E-state index in [0.29, 0.717) is 22.6 Å². The van der Waals surface area contributed by atoms with Crippen molar-refractivity contribution >= 4 is 21.8 Å². The quantitative estimate of drug-likeness (QED) is 0.869. The standard InChI is InChI=1S/C12H15BrN2O2/c13-11-6-10(3-4-14-11)12(16)15-7-9-2-1-5-17-8-9/h3-4,6,9H,1-2,5,7-8H2,(H,15,16). The zero-order chi connectivity index (χ0) is 12.1. The summed E-state index contributed by atoms with van der Waals surface area (Å²) in [6, 6.07) is 3.42. The number of amides is 1. The van der Waals surface area contributed by atoms with Crippen LogP contribution in [0.25, 0.3) is 0 Å². The van der Waals surface area contributed by atoms with Crippen LogP contribution in [0.15, 0.2) is 22.9 Å². The van der Waals surface area contributed by atoms with Crippen molar-refractivity contribution in [2.24, 2.45) is 5.92 Å². The number of hydrogen-bond donors (Lipinski definition) is 1. The van der Waals surface area contributed by atoms with E-state index in [4.69, 9.17) is 4.74 Å². The molecule has 1 amide bonds. The maximum absolute atomic E-state index is 11.8. The number of nitrogens with one attached hydrogen (secondary N) is 1. The van der Waals surface area contributed by atoms with Crippen molar-refractivity contribution in [1.29, 1.82) is 0 Å². The first-order valence-corrected chi connectivity index (χ1v) is 6.52. The molecule has 1 fully saturated rings. The van der Waals surface area contributed by atoms with Gasteiger partial charge in [0.15, 0.2) is 0 Å². The highest BCUT2D eigenvalue weighted by atomic mass is 79.9. The molecule has 5 heteroatoms. The van der Waals surface area contributed by atoms with Gasteiger partial charge in [0.25, 0.3) is 5.91 Å². The van der Waals surface area contributed by atoms with Gasteiger partial charge in [-0.05, 0) is 46.8 Å². The number of halogens is 1. The number of nitrogens with zero attached hydrogens (tertiary/aromatic N) is 1. The van der Waals surface area contributed by atoms with Crippen LogP contribution in [0.3, 0.4) is 0 Å². The molecule has 0 radical (unpaired) electrons. The van der Waals surface area contributed by atoms with Gasteiger partial charge in [-0.3, -0.25) is 4.79 Å². The zero-order valence-corrected chi connectivity index (χ0v) is 11.1.